The van der Waals surface area contributed by atoms with E-state index in [0.29, 0.717) is 5.75 Å². The van der Waals surface area contributed by atoms with Crippen molar-refractivity contribution in [3.05, 3.63) is 63.7 Å². The van der Waals surface area contributed by atoms with Crippen LogP contribution in [-0.4, -0.2) is 47.7 Å². The number of carbonyl (C=O) groups is 2. The third-order valence-electron chi connectivity index (χ3n) is 6.44. The summed E-state index contributed by atoms with van der Waals surface area (Å²) in [6.45, 7) is 1.80. The molecule has 1 aliphatic heterocycles. The highest BCUT2D eigenvalue weighted by atomic mass is 16.7. The Hall–Kier alpha value is -3.66. The minimum absolute atomic E-state index is 0.0250. The predicted molar refractivity (Wildman–Crippen MR) is 130 cm³/mol. The predicted octanol–water partition coefficient (Wildman–Crippen LogP) is 3.88. The number of nitrogens with zero attached hydrogens (tertiary/aromatic N) is 2. The molecular formula is C26H31N3O7. The summed E-state index contributed by atoms with van der Waals surface area (Å²) in [4.78, 5) is 39.7. The number of rotatable bonds is 10. The van der Waals surface area contributed by atoms with Gasteiger partial charge in [-0.25, -0.2) is 0 Å². The van der Waals surface area contributed by atoms with Gasteiger partial charge in [-0.3, -0.25) is 24.6 Å². The van der Waals surface area contributed by atoms with Crippen LogP contribution in [0.5, 0.6) is 11.5 Å². The molecule has 2 aromatic carbocycles. The largest absolute Gasteiger partial charge is 0.465 e. The van der Waals surface area contributed by atoms with Crippen molar-refractivity contribution >= 4 is 17.6 Å². The molecule has 0 spiro atoms. The molecule has 10 heteroatoms. The molecule has 1 fully saturated rings. The summed E-state index contributed by atoms with van der Waals surface area (Å²) in [7, 11) is 0. The van der Waals surface area contributed by atoms with Gasteiger partial charge in [0.1, 0.15) is 6.04 Å². The molecule has 1 N–H and O–H groups in total. The molecule has 1 amide bonds. The first-order valence-corrected chi connectivity index (χ1v) is 12.3. The Bertz CT molecular complexity index is 1090. The maximum absolute atomic E-state index is 13.9. The number of hydrogen-bond acceptors (Lipinski definition) is 8. The Labute approximate surface area is 209 Å². The van der Waals surface area contributed by atoms with Crippen molar-refractivity contribution in [2.45, 2.75) is 57.7 Å². The first-order valence-electron chi connectivity index (χ1n) is 12.3. The second-order valence-corrected chi connectivity index (χ2v) is 8.96. The zero-order valence-electron chi connectivity index (χ0n) is 20.3. The summed E-state index contributed by atoms with van der Waals surface area (Å²) in [6.07, 6.45) is 4.83. The van der Waals surface area contributed by atoms with E-state index in [2.05, 4.69) is 5.32 Å². The zero-order chi connectivity index (χ0) is 25.5. The molecule has 0 bridgehead atoms. The van der Waals surface area contributed by atoms with E-state index in [0.717, 1.165) is 37.7 Å². The van der Waals surface area contributed by atoms with Crippen LogP contribution in [0.4, 0.5) is 5.69 Å². The minimum Gasteiger partial charge on any atom is -0.465 e. The van der Waals surface area contributed by atoms with E-state index in [1.807, 2.05) is 30.3 Å². The quantitative estimate of drug-likeness (QED) is 0.298. The number of nitro benzene ring substituents is 1. The molecule has 1 heterocycles. The summed E-state index contributed by atoms with van der Waals surface area (Å²) in [5.74, 6) is -0.352. The molecule has 1 atom stereocenters. The number of benzene rings is 2. The lowest BCUT2D eigenvalue weighted by Crippen LogP contribution is -2.46. The molecule has 2 aliphatic rings. The molecule has 1 saturated carbocycles. The van der Waals surface area contributed by atoms with Crippen molar-refractivity contribution in [1.82, 2.24) is 10.2 Å². The molecular weight excluding hydrogens is 466 g/mol. The molecule has 10 nitrogen and oxygen atoms in total. The van der Waals surface area contributed by atoms with Crippen molar-refractivity contribution in [2.24, 2.45) is 0 Å². The number of ether oxygens (including phenoxy) is 3. The number of esters is 1. The van der Waals surface area contributed by atoms with Gasteiger partial charge in [0.05, 0.1) is 29.7 Å². The van der Waals surface area contributed by atoms with E-state index < -0.39 is 22.8 Å². The lowest BCUT2D eigenvalue weighted by atomic mass is 9.94. The van der Waals surface area contributed by atoms with E-state index in [1.54, 1.807) is 11.8 Å². The Morgan fingerprint density at radius 2 is 1.83 bits per heavy atom. The summed E-state index contributed by atoms with van der Waals surface area (Å²) >= 11 is 0. The van der Waals surface area contributed by atoms with E-state index in [4.69, 9.17) is 14.2 Å². The smallest absolute Gasteiger partial charge is 0.320 e. The van der Waals surface area contributed by atoms with Gasteiger partial charge >= 0.3 is 5.97 Å². The molecule has 192 valence electrons. The van der Waals surface area contributed by atoms with Crippen molar-refractivity contribution in [1.29, 1.82) is 0 Å². The van der Waals surface area contributed by atoms with Gasteiger partial charge < -0.3 is 19.5 Å². The normalized spacial score (nSPS) is 15.9. The Kier molecular flexibility index (Phi) is 8.37. The number of nitro groups is 1. The first kappa shape index (κ1) is 25.4. The summed E-state index contributed by atoms with van der Waals surface area (Å²) < 4.78 is 16.0. The topological polar surface area (TPSA) is 120 Å². The highest BCUT2D eigenvalue weighted by Crippen LogP contribution is 2.42. The average molecular weight is 498 g/mol. The maximum atomic E-state index is 13.9. The van der Waals surface area contributed by atoms with Gasteiger partial charge in [0.25, 0.3) is 5.69 Å². The van der Waals surface area contributed by atoms with Crippen LogP contribution >= 0.6 is 0 Å². The SMILES string of the molecule is CCOC(=O)CN(Cc1ccccc1)[C@@H](C(=O)NC1CCCCC1)c1cc2c(cc1[N+](=O)[O-])OCO2. The number of amides is 1. The Morgan fingerprint density at radius 3 is 2.50 bits per heavy atom. The summed E-state index contributed by atoms with van der Waals surface area (Å²) in [5, 5.41) is 15.2. The molecule has 0 aromatic heterocycles. The third kappa shape index (κ3) is 6.12. The standard InChI is InChI=1S/C26H31N3O7/c1-2-34-24(30)16-28(15-18-9-5-3-6-10-18)25(26(31)27-19-11-7-4-8-12-19)20-13-22-23(36-17-35-22)14-21(20)29(32)33/h3,5-6,9-10,13-14,19,25H,2,4,7-8,11-12,15-17H2,1H3,(H,27,31)/t25-/m1/s1. The number of hydrogen-bond donors (Lipinski definition) is 1. The van der Waals surface area contributed by atoms with Gasteiger partial charge in [0, 0.05) is 12.6 Å². The Morgan fingerprint density at radius 1 is 1.14 bits per heavy atom. The van der Waals surface area contributed by atoms with Gasteiger partial charge in [-0.05, 0) is 31.4 Å². The van der Waals surface area contributed by atoms with Gasteiger partial charge in [0.2, 0.25) is 12.7 Å². The van der Waals surface area contributed by atoms with E-state index in [1.165, 1.54) is 12.1 Å². The monoisotopic (exact) mass is 497 g/mol. The second kappa shape index (κ2) is 11.9. The fourth-order valence-electron chi connectivity index (χ4n) is 4.78. The molecule has 0 unspecified atom stereocenters. The number of carbonyl (C=O) groups excluding carboxylic acids is 2. The van der Waals surface area contributed by atoms with E-state index in [9.17, 15) is 19.7 Å². The minimum atomic E-state index is -1.13. The highest BCUT2D eigenvalue weighted by molar-refractivity contribution is 5.86. The van der Waals surface area contributed by atoms with Crippen LogP contribution in [0.1, 0.15) is 56.2 Å². The van der Waals surface area contributed by atoms with Crippen LogP contribution in [0.15, 0.2) is 42.5 Å². The van der Waals surface area contributed by atoms with Crippen molar-refractivity contribution < 1.29 is 28.7 Å². The fourth-order valence-corrected chi connectivity index (χ4v) is 4.78. The van der Waals surface area contributed by atoms with Gasteiger partial charge in [-0.2, -0.15) is 0 Å². The lowest BCUT2D eigenvalue weighted by Gasteiger charge is -2.32. The van der Waals surface area contributed by atoms with Crippen LogP contribution in [0, 0.1) is 10.1 Å². The van der Waals surface area contributed by atoms with Crippen molar-refractivity contribution in [2.75, 3.05) is 19.9 Å². The van der Waals surface area contributed by atoms with Crippen LogP contribution in [0.25, 0.3) is 0 Å². The molecule has 4 rings (SSSR count). The number of fused-ring (bicyclic) bond motifs is 1. The molecule has 2 aromatic rings. The van der Waals surface area contributed by atoms with Crippen LogP contribution < -0.4 is 14.8 Å². The third-order valence-corrected chi connectivity index (χ3v) is 6.44. The first-order chi connectivity index (χ1) is 17.5. The van der Waals surface area contributed by atoms with Gasteiger partial charge in [-0.1, -0.05) is 49.6 Å². The van der Waals surface area contributed by atoms with Crippen LogP contribution in [0.2, 0.25) is 0 Å². The summed E-state index contributed by atoms with van der Waals surface area (Å²) in [6, 6.07) is 10.9. The average Bonchev–Trinajstić information content (AvgIpc) is 3.32. The molecule has 0 radical (unpaired) electrons. The zero-order valence-corrected chi connectivity index (χ0v) is 20.3. The highest BCUT2D eigenvalue weighted by Gasteiger charge is 2.38. The second-order valence-electron chi connectivity index (χ2n) is 8.96. The van der Waals surface area contributed by atoms with Crippen molar-refractivity contribution in [3.8, 4) is 11.5 Å². The van der Waals surface area contributed by atoms with Gasteiger partial charge in [0.15, 0.2) is 11.5 Å². The van der Waals surface area contributed by atoms with E-state index in [-0.39, 0.29) is 49.5 Å². The fraction of sp³-hybridized carbons (Fsp3) is 0.462. The summed E-state index contributed by atoms with van der Waals surface area (Å²) in [5.41, 5.74) is 0.711. The number of nitrogens with one attached hydrogen (secondary N) is 1. The van der Waals surface area contributed by atoms with E-state index >= 15 is 0 Å². The molecule has 36 heavy (non-hydrogen) atoms. The van der Waals surface area contributed by atoms with Crippen molar-refractivity contribution in [3.63, 3.8) is 0 Å². The lowest BCUT2D eigenvalue weighted by molar-refractivity contribution is -0.386. The maximum Gasteiger partial charge on any atom is 0.320 e. The Balaban J connectivity index is 1.77. The van der Waals surface area contributed by atoms with Crippen LogP contribution in [0.3, 0.4) is 0 Å². The van der Waals surface area contributed by atoms with Gasteiger partial charge in [-0.15, -0.1) is 0 Å². The van der Waals surface area contributed by atoms with Crippen LogP contribution in [-0.2, 0) is 20.9 Å². The molecule has 0 saturated heterocycles. The molecule has 1 aliphatic carbocycles.